The minimum atomic E-state index is 0.285. The Kier molecular flexibility index (Phi) is 4.15. The molecule has 0 radical (unpaired) electrons. The highest BCUT2D eigenvalue weighted by molar-refractivity contribution is 6.17. The summed E-state index contributed by atoms with van der Waals surface area (Å²) in [6.07, 6.45) is 0. The molecule has 0 atom stereocenters. The monoisotopic (exact) mass is 345 g/mol. The van der Waals surface area contributed by atoms with Crippen LogP contribution in [0, 0.1) is 0 Å². The number of aromatic nitrogens is 3. The lowest BCUT2D eigenvalue weighted by Gasteiger charge is -2.07. The van der Waals surface area contributed by atoms with E-state index in [0.29, 0.717) is 12.5 Å². The molecule has 1 aromatic heterocycles. The topological polar surface area (TPSA) is 55.4 Å². The van der Waals surface area contributed by atoms with Gasteiger partial charge >= 0.3 is 0 Å². The van der Waals surface area contributed by atoms with Crippen LogP contribution in [0.1, 0.15) is 56.3 Å². The SMILES string of the molecule is CC(C)c1cccc(C2=NC(c3ccc4c(c3)nnn4C(C)C)=NC2)c1. The summed E-state index contributed by atoms with van der Waals surface area (Å²) in [7, 11) is 0. The third-order valence-corrected chi connectivity index (χ3v) is 4.72. The highest BCUT2D eigenvalue weighted by Crippen LogP contribution is 2.21. The molecule has 2 aromatic carbocycles. The van der Waals surface area contributed by atoms with Crippen molar-refractivity contribution in [3.63, 3.8) is 0 Å². The van der Waals surface area contributed by atoms with Gasteiger partial charge in [-0.25, -0.2) is 9.67 Å². The Morgan fingerprint density at radius 1 is 0.962 bits per heavy atom. The maximum absolute atomic E-state index is 4.79. The molecule has 5 heteroatoms. The Labute approximate surface area is 153 Å². The lowest BCUT2D eigenvalue weighted by atomic mass is 9.99. The van der Waals surface area contributed by atoms with Gasteiger partial charge in [0.05, 0.1) is 17.8 Å². The summed E-state index contributed by atoms with van der Waals surface area (Å²) in [6, 6.07) is 15.0. The van der Waals surface area contributed by atoms with Gasteiger partial charge in [-0.2, -0.15) is 0 Å². The standard InChI is InChI=1S/C21H23N5/c1-13(2)15-6-5-7-16(10-15)19-12-22-21(23-19)17-8-9-20-18(11-17)24-25-26(20)14(3)4/h5-11,13-14H,12H2,1-4H3. The summed E-state index contributed by atoms with van der Waals surface area (Å²) in [6.45, 7) is 9.23. The first-order valence-electron chi connectivity index (χ1n) is 9.10. The number of benzene rings is 2. The Hall–Kier alpha value is -2.82. The third kappa shape index (κ3) is 2.94. The molecule has 0 aliphatic carbocycles. The first-order chi connectivity index (χ1) is 12.5. The van der Waals surface area contributed by atoms with E-state index in [1.165, 1.54) is 5.56 Å². The first-order valence-corrected chi connectivity index (χ1v) is 9.10. The largest absolute Gasteiger partial charge is 0.260 e. The van der Waals surface area contributed by atoms with Gasteiger partial charge in [-0.15, -0.1) is 5.10 Å². The number of hydrogen-bond acceptors (Lipinski definition) is 4. The molecule has 1 aliphatic heterocycles. The van der Waals surface area contributed by atoms with Crippen LogP contribution in [-0.4, -0.2) is 33.1 Å². The molecule has 0 saturated heterocycles. The Morgan fingerprint density at radius 2 is 1.81 bits per heavy atom. The summed E-state index contributed by atoms with van der Waals surface area (Å²) in [4.78, 5) is 9.43. The first kappa shape index (κ1) is 16.6. The average molecular weight is 345 g/mol. The second-order valence-corrected chi connectivity index (χ2v) is 7.31. The molecule has 0 amide bonds. The number of amidine groups is 1. The van der Waals surface area contributed by atoms with Crippen LogP contribution in [-0.2, 0) is 0 Å². The van der Waals surface area contributed by atoms with Gasteiger partial charge in [0.25, 0.3) is 0 Å². The van der Waals surface area contributed by atoms with Gasteiger partial charge in [0, 0.05) is 11.6 Å². The van der Waals surface area contributed by atoms with Crippen molar-refractivity contribution in [2.75, 3.05) is 6.54 Å². The van der Waals surface area contributed by atoms with Crippen molar-refractivity contribution in [3.05, 3.63) is 59.2 Å². The second kappa shape index (κ2) is 6.48. The maximum atomic E-state index is 4.79. The van der Waals surface area contributed by atoms with Crippen LogP contribution in [0.2, 0.25) is 0 Å². The number of rotatable bonds is 4. The van der Waals surface area contributed by atoms with E-state index >= 15 is 0 Å². The van der Waals surface area contributed by atoms with Crippen molar-refractivity contribution >= 4 is 22.6 Å². The van der Waals surface area contributed by atoms with Crippen LogP contribution in [0.15, 0.2) is 52.4 Å². The number of fused-ring (bicyclic) bond motifs is 1. The molecule has 0 unspecified atom stereocenters. The molecule has 3 aromatic rings. The molecular formula is C21H23N5. The maximum Gasteiger partial charge on any atom is 0.155 e. The average Bonchev–Trinajstić information content (AvgIpc) is 3.28. The molecule has 0 N–H and O–H groups in total. The molecule has 4 rings (SSSR count). The van der Waals surface area contributed by atoms with Gasteiger partial charge in [0.2, 0.25) is 0 Å². The molecule has 2 heterocycles. The van der Waals surface area contributed by atoms with E-state index in [0.717, 1.165) is 33.7 Å². The summed E-state index contributed by atoms with van der Waals surface area (Å²) in [5, 5.41) is 8.53. The molecular weight excluding hydrogens is 322 g/mol. The predicted molar refractivity (Wildman–Crippen MR) is 106 cm³/mol. The number of nitrogens with zero attached hydrogens (tertiary/aromatic N) is 5. The summed E-state index contributed by atoms with van der Waals surface area (Å²) in [5.74, 6) is 1.28. The van der Waals surface area contributed by atoms with Crippen LogP contribution in [0.5, 0.6) is 0 Å². The van der Waals surface area contributed by atoms with Crippen molar-refractivity contribution in [3.8, 4) is 0 Å². The van der Waals surface area contributed by atoms with Crippen molar-refractivity contribution in [2.24, 2.45) is 9.98 Å². The normalized spacial score (nSPS) is 14.4. The smallest absolute Gasteiger partial charge is 0.155 e. The molecule has 5 nitrogen and oxygen atoms in total. The van der Waals surface area contributed by atoms with Crippen LogP contribution in [0.4, 0.5) is 0 Å². The van der Waals surface area contributed by atoms with Gasteiger partial charge in [-0.3, -0.25) is 4.99 Å². The van der Waals surface area contributed by atoms with Gasteiger partial charge in [-0.05, 0) is 55.2 Å². The molecule has 0 fully saturated rings. The summed E-state index contributed by atoms with van der Waals surface area (Å²) >= 11 is 0. The molecule has 1 aliphatic rings. The summed E-state index contributed by atoms with van der Waals surface area (Å²) < 4.78 is 1.93. The molecule has 26 heavy (non-hydrogen) atoms. The Morgan fingerprint density at radius 3 is 2.58 bits per heavy atom. The Bertz CT molecular complexity index is 1020. The van der Waals surface area contributed by atoms with E-state index in [4.69, 9.17) is 4.99 Å². The lowest BCUT2D eigenvalue weighted by Crippen LogP contribution is -2.03. The summed E-state index contributed by atoms with van der Waals surface area (Å²) in [5.41, 5.74) is 6.41. The lowest BCUT2D eigenvalue weighted by molar-refractivity contribution is 0.530. The van der Waals surface area contributed by atoms with E-state index in [-0.39, 0.29) is 6.04 Å². The minimum absolute atomic E-state index is 0.285. The number of hydrogen-bond donors (Lipinski definition) is 0. The van der Waals surface area contributed by atoms with E-state index in [9.17, 15) is 0 Å². The van der Waals surface area contributed by atoms with Gasteiger partial charge in [0.15, 0.2) is 5.84 Å². The highest BCUT2D eigenvalue weighted by atomic mass is 15.4. The predicted octanol–water partition coefficient (Wildman–Crippen LogP) is 4.39. The fourth-order valence-corrected chi connectivity index (χ4v) is 3.20. The van der Waals surface area contributed by atoms with Crippen molar-refractivity contribution < 1.29 is 0 Å². The van der Waals surface area contributed by atoms with E-state index in [2.05, 4.69) is 79.4 Å². The fourth-order valence-electron chi connectivity index (χ4n) is 3.20. The minimum Gasteiger partial charge on any atom is -0.260 e. The highest BCUT2D eigenvalue weighted by Gasteiger charge is 2.16. The van der Waals surface area contributed by atoms with Crippen molar-refractivity contribution in [1.82, 2.24) is 15.0 Å². The van der Waals surface area contributed by atoms with Crippen molar-refractivity contribution in [2.45, 2.75) is 39.7 Å². The number of aliphatic imine (C=N–C) groups is 2. The zero-order valence-corrected chi connectivity index (χ0v) is 15.6. The third-order valence-electron chi connectivity index (χ3n) is 4.72. The van der Waals surface area contributed by atoms with Crippen LogP contribution in [0.25, 0.3) is 11.0 Å². The molecule has 132 valence electrons. The Balaban J connectivity index is 1.65. The van der Waals surface area contributed by atoms with Crippen LogP contribution >= 0.6 is 0 Å². The van der Waals surface area contributed by atoms with Gasteiger partial charge < -0.3 is 0 Å². The molecule has 0 spiro atoms. The van der Waals surface area contributed by atoms with Gasteiger partial charge in [-0.1, -0.05) is 37.3 Å². The quantitative estimate of drug-likeness (QED) is 0.704. The molecule has 0 saturated carbocycles. The van der Waals surface area contributed by atoms with E-state index < -0.39 is 0 Å². The second-order valence-electron chi connectivity index (χ2n) is 7.31. The molecule has 0 bridgehead atoms. The van der Waals surface area contributed by atoms with Crippen molar-refractivity contribution in [1.29, 1.82) is 0 Å². The van der Waals surface area contributed by atoms with Gasteiger partial charge in [0.1, 0.15) is 5.52 Å². The zero-order valence-electron chi connectivity index (χ0n) is 15.6. The fraction of sp³-hybridized carbons (Fsp3) is 0.333. The van der Waals surface area contributed by atoms with E-state index in [1.54, 1.807) is 0 Å². The van der Waals surface area contributed by atoms with Crippen LogP contribution < -0.4 is 0 Å². The van der Waals surface area contributed by atoms with Crippen LogP contribution in [0.3, 0.4) is 0 Å². The van der Waals surface area contributed by atoms with E-state index in [1.807, 2.05) is 10.7 Å². The zero-order chi connectivity index (χ0) is 18.3.